The van der Waals surface area contributed by atoms with Gasteiger partial charge in [-0.3, -0.25) is 0 Å². The summed E-state index contributed by atoms with van der Waals surface area (Å²) in [6.07, 6.45) is 0. The Balaban J connectivity index is 2.09. The van der Waals surface area contributed by atoms with Gasteiger partial charge in [0.05, 0.1) is 13.2 Å². The molecule has 0 unspecified atom stereocenters. The maximum absolute atomic E-state index is 9.24. The lowest BCUT2D eigenvalue weighted by Crippen LogP contribution is -2.29. The van der Waals surface area contributed by atoms with Gasteiger partial charge in [0.25, 0.3) is 6.01 Å². The molecule has 2 N–H and O–H groups in total. The fourth-order valence-electron chi connectivity index (χ4n) is 2.57. The lowest BCUT2D eigenvalue weighted by Gasteiger charge is -2.17. The van der Waals surface area contributed by atoms with Crippen molar-refractivity contribution in [2.75, 3.05) is 31.2 Å². The van der Waals surface area contributed by atoms with Crippen LogP contribution in [0.15, 0.2) is 65.1 Å². The van der Waals surface area contributed by atoms with Gasteiger partial charge in [0.15, 0.2) is 5.76 Å². The van der Waals surface area contributed by atoms with E-state index in [1.807, 2.05) is 60.7 Å². The summed E-state index contributed by atoms with van der Waals surface area (Å²) in [6.45, 7) is 0.626. The predicted octanol–water partition coefficient (Wildman–Crippen LogP) is 2.80. The molecule has 0 atom stereocenters. The summed E-state index contributed by atoms with van der Waals surface area (Å²) in [6, 6.07) is 20.0. The highest BCUT2D eigenvalue weighted by Crippen LogP contribution is 2.35. The second kappa shape index (κ2) is 7.77. The molecule has 3 aromatic rings. The van der Waals surface area contributed by atoms with Crippen LogP contribution in [-0.2, 0) is 0 Å². The van der Waals surface area contributed by atoms with Crippen molar-refractivity contribution < 1.29 is 14.6 Å². The molecule has 1 heterocycles. The molecule has 0 radical (unpaired) electrons. The van der Waals surface area contributed by atoms with Crippen molar-refractivity contribution in [3.63, 3.8) is 0 Å². The summed E-state index contributed by atoms with van der Waals surface area (Å²) in [5.74, 6) is 0.678. The molecule has 1 aromatic heterocycles. The molecule has 24 heavy (non-hydrogen) atoms. The first-order valence-electron chi connectivity index (χ1n) is 7.92. The minimum absolute atomic E-state index is 0.0380. The minimum atomic E-state index is -0.0380. The Hall–Kier alpha value is -2.63. The number of nitrogens with zero attached hydrogens (tertiary/aromatic N) is 2. The van der Waals surface area contributed by atoms with E-state index in [9.17, 15) is 10.2 Å². The fourth-order valence-corrected chi connectivity index (χ4v) is 2.57. The second-order valence-electron chi connectivity index (χ2n) is 5.34. The number of aromatic nitrogens is 1. The summed E-state index contributed by atoms with van der Waals surface area (Å²) < 4.78 is 6.02. The largest absolute Gasteiger partial charge is 0.423 e. The van der Waals surface area contributed by atoms with E-state index < -0.39 is 0 Å². The van der Waals surface area contributed by atoms with E-state index in [0.717, 1.165) is 16.8 Å². The van der Waals surface area contributed by atoms with Crippen molar-refractivity contribution in [3.8, 4) is 22.6 Å². The number of rotatable bonds is 7. The monoisotopic (exact) mass is 324 g/mol. The fraction of sp³-hybridized carbons (Fsp3) is 0.211. The first kappa shape index (κ1) is 16.2. The Kier molecular flexibility index (Phi) is 5.25. The SMILES string of the molecule is OCCN(CCO)c1nc(-c2ccccc2)c(-c2ccccc2)o1. The van der Waals surface area contributed by atoms with E-state index in [-0.39, 0.29) is 13.2 Å². The van der Waals surface area contributed by atoms with Crippen LogP contribution in [0.3, 0.4) is 0 Å². The third-order valence-electron chi connectivity index (χ3n) is 3.71. The van der Waals surface area contributed by atoms with Gasteiger partial charge < -0.3 is 19.5 Å². The number of aliphatic hydroxyl groups is 2. The summed E-state index contributed by atoms with van der Waals surface area (Å²) in [4.78, 5) is 6.37. The van der Waals surface area contributed by atoms with Gasteiger partial charge in [-0.1, -0.05) is 60.7 Å². The summed E-state index contributed by atoms with van der Waals surface area (Å²) in [7, 11) is 0. The first-order valence-corrected chi connectivity index (χ1v) is 7.92. The molecule has 5 nitrogen and oxygen atoms in total. The lowest BCUT2D eigenvalue weighted by molar-refractivity contribution is 0.276. The molecule has 5 heteroatoms. The molecular formula is C19H20N2O3. The molecule has 0 fully saturated rings. The predicted molar refractivity (Wildman–Crippen MR) is 93.8 cm³/mol. The molecule has 0 amide bonds. The van der Waals surface area contributed by atoms with Gasteiger partial charge in [-0.2, -0.15) is 4.98 Å². The molecule has 0 spiro atoms. The van der Waals surface area contributed by atoms with Crippen LogP contribution in [0.1, 0.15) is 0 Å². The number of oxazole rings is 1. The lowest BCUT2D eigenvalue weighted by atomic mass is 10.1. The highest BCUT2D eigenvalue weighted by Gasteiger charge is 2.20. The minimum Gasteiger partial charge on any atom is -0.423 e. The maximum Gasteiger partial charge on any atom is 0.298 e. The Morgan fingerprint density at radius 1 is 0.792 bits per heavy atom. The Morgan fingerprint density at radius 3 is 1.88 bits per heavy atom. The summed E-state index contributed by atoms with van der Waals surface area (Å²) in [5, 5.41) is 18.5. The van der Waals surface area contributed by atoms with Gasteiger partial charge in [0.1, 0.15) is 5.69 Å². The van der Waals surface area contributed by atoms with Crippen molar-refractivity contribution >= 4 is 6.01 Å². The average Bonchev–Trinajstić information content (AvgIpc) is 3.08. The van der Waals surface area contributed by atoms with Gasteiger partial charge in [-0.25, -0.2) is 0 Å². The zero-order valence-corrected chi connectivity index (χ0v) is 13.3. The van der Waals surface area contributed by atoms with Crippen LogP contribution < -0.4 is 4.90 Å². The molecule has 124 valence electrons. The third kappa shape index (κ3) is 3.48. The van der Waals surface area contributed by atoms with Crippen molar-refractivity contribution in [1.82, 2.24) is 4.98 Å². The normalized spacial score (nSPS) is 10.8. The zero-order valence-electron chi connectivity index (χ0n) is 13.3. The van der Waals surface area contributed by atoms with Crippen LogP contribution in [0.25, 0.3) is 22.6 Å². The molecule has 0 aliphatic carbocycles. The molecule has 0 saturated carbocycles. The van der Waals surface area contributed by atoms with Crippen LogP contribution in [-0.4, -0.2) is 41.5 Å². The van der Waals surface area contributed by atoms with Crippen molar-refractivity contribution in [3.05, 3.63) is 60.7 Å². The van der Waals surface area contributed by atoms with Crippen molar-refractivity contribution in [1.29, 1.82) is 0 Å². The van der Waals surface area contributed by atoms with E-state index in [2.05, 4.69) is 4.98 Å². The number of hydrogen-bond acceptors (Lipinski definition) is 5. The molecule has 2 aromatic carbocycles. The van der Waals surface area contributed by atoms with Gasteiger partial charge in [0.2, 0.25) is 0 Å². The van der Waals surface area contributed by atoms with Gasteiger partial charge in [-0.15, -0.1) is 0 Å². The number of hydrogen-bond donors (Lipinski definition) is 2. The third-order valence-corrected chi connectivity index (χ3v) is 3.71. The van der Waals surface area contributed by atoms with Crippen LogP contribution in [0.4, 0.5) is 6.01 Å². The molecule has 0 aliphatic rings. The maximum atomic E-state index is 9.24. The van der Waals surface area contributed by atoms with Crippen LogP contribution in [0.5, 0.6) is 0 Å². The average molecular weight is 324 g/mol. The smallest absolute Gasteiger partial charge is 0.298 e. The van der Waals surface area contributed by atoms with E-state index in [0.29, 0.717) is 24.9 Å². The Labute approximate surface area is 140 Å². The van der Waals surface area contributed by atoms with E-state index in [1.165, 1.54) is 0 Å². The van der Waals surface area contributed by atoms with E-state index >= 15 is 0 Å². The van der Waals surface area contributed by atoms with Crippen LogP contribution in [0, 0.1) is 0 Å². The Bertz CT molecular complexity index is 694. The van der Waals surface area contributed by atoms with Gasteiger partial charge in [0, 0.05) is 24.2 Å². The molecular weight excluding hydrogens is 304 g/mol. The van der Waals surface area contributed by atoms with Crippen molar-refractivity contribution in [2.45, 2.75) is 0 Å². The molecule has 0 aliphatic heterocycles. The Morgan fingerprint density at radius 2 is 1.33 bits per heavy atom. The van der Waals surface area contributed by atoms with Crippen LogP contribution in [0.2, 0.25) is 0 Å². The first-order chi connectivity index (χ1) is 11.8. The van der Waals surface area contributed by atoms with Gasteiger partial charge >= 0.3 is 0 Å². The summed E-state index contributed by atoms with van der Waals surface area (Å²) in [5.41, 5.74) is 2.64. The number of anilines is 1. The standard InChI is InChI=1S/C19H20N2O3/c22-13-11-21(12-14-23)19-20-17(15-7-3-1-4-8-15)18(24-19)16-9-5-2-6-10-16/h1-10,22-23H,11-14H2. The number of benzene rings is 2. The second-order valence-corrected chi connectivity index (χ2v) is 5.34. The molecule has 3 rings (SSSR count). The highest BCUT2D eigenvalue weighted by atomic mass is 16.4. The quantitative estimate of drug-likeness (QED) is 0.699. The van der Waals surface area contributed by atoms with E-state index in [1.54, 1.807) is 4.90 Å². The van der Waals surface area contributed by atoms with Crippen LogP contribution >= 0.6 is 0 Å². The topological polar surface area (TPSA) is 69.7 Å². The van der Waals surface area contributed by atoms with E-state index in [4.69, 9.17) is 4.42 Å². The highest BCUT2D eigenvalue weighted by molar-refractivity contribution is 5.78. The van der Waals surface area contributed by atoms with Crippen molar-refractivity contribution in [2.24, 2.45) is 0 Å². The number of aliphatic hydroxyl groups excluding tert-OH is 2. The zero-order chi connectivity index (χ0) is 16.8. The van der Waals surface area contributed by atoms with Gasteiger partial charge in [-0.05, 0) is 0 Å². The molecule has 0 saturated heterocycles. The summed E-state index contributed by atoms with van der Waals surface area (Å²) >= 11 is 0. The molecule has 0 bridgehead atoms.